The number of pyridine rings is 1. The van der Waals surface area contributed by atoms with Gasteiger partial charge in [0.2, 0.25) is 0 Å². The monoisotopic (exact) mass is 385 g/mol. The van der Waals surface area contributed by atoms with Crippen LogP contribution in [-0.2, 0) is 19.3 Å². The molecule has 2 N–H and O–H groups in total. The number of hydrogen-bond donors (Lipinski definition) is 3. The van der Waals surface area contributed by atoms with Gasteiger partial charge in [-0.05, 0) is 61.5 Å². The summed E-state index contributed by atoms with van der Waals surface area (Å²) < 4.78 is 0. The van der Waals surface area contributed by atoms with E-state index in [4.69, 9.17) is 18.0 Å². The van der Waals surface area contributed by atoms with E-state index in [2.05, 4.69) is 30.2 Å². The molecular weight excluding hydrogens is 358 g/mol. The molecule has 0 atom stereocenters. The normalized spacial score (nSPS) is 14.0. The van der Waals surface area contributed by atoms with Crippen molar-refractivity contribution >= 4 is 35.1 Å². The third kappa shape index (κ3) is 3.80. The summed E-state index contributed by atoms with van der Waals surface area (Å²) in [4.78, 5) is 8.45. The summed E-state index contributed by atoms with van der Waals surface area (Å²) in [5.41, 5.74) is 6.27. The number of nitrogens with one attached hydrogen (secondary N) is 2. The van der Waals surface area contributed by atoms with Crippen molar-refractivity contribution in [2.24, 2.45) is 0 Å². The van der Waals surface area contributed by atoms with Gasteiger partial charge >= 0.3 is 0 Å². The number of nitrogens with zero attached hydrogens (tertiary/aromatic N) is 1. The van der Waals surface area contributed by atoms with Gasteiger partial charge in [0.1, 0.15) is 0 Å². The molecule has 0 amide bonds. The zero-order chi connectivity index (χ0) is 18.7. The van der Waals surface area contributed by atoms with Crippen LogP contribution in [0.15, 0.2) is 23.9 Å². The highest BCUT2D eigenvalue weighted by Gasteiger charge is 2.25. The minimum absolute atomic E-state index is 0.411. The largest absolute Gasteiger partial charge is 0.319 e. The molecule has 0 aliphatic heterocycles. The van der Waals surface area contributed by atoms with Gasteiger partial charge in [-0.25, -0.2) is 0 Å². The second-order valence-electron chi connectivity index (χ2n) is 7.05. The average Bonchev–Trinajstić information content (AvgIpc) is 2.99. The zero-order valence-electron chi connectivity index (χ0n) is 15.7. The van der Waals surface area contributed by atoms with Gasteiger partial charge in [-0.1, -0.05) is 19.9 Å². The van der Waals surface area contributed by atoms with Crippen LogP contribution < -0.4 is 5.32 Å². The molecule has 0 aromatic carbocycles. The predicted molar refractivity (Wildman–Crippen MR) is 116 cm³/mol. The topological polar surface area (TPSA) is 48.8 Å². The average molecular weight is 386 g/mol. The first-order valence-electron chi connectivity index (χ1n) is 9.21. The summed E-state index contributed by atoms with van der Waals surface area (Å²) in [6.07, 6.45) is 7.24. The van der Waals surface area contributed by atoms with Crippen LogP contribution in [-0.4, -0.2) is 24.8 Å². The molecular formula is C21H27N3S2. The Kier molecular flexibility index (Phi) is 6.33. The highest BCUT2D eigenvalue weighted by Crippen LogP contribution is 2.43. The fraction of sp³-hybridized carbons (Fsp3) is 0.429. The van der Waals surface area contributed by atoms with Gasteiger partial charge in [-0.3, -0.25) is 4.98 Å². The molecule has 3 rings (SSSR count). The van der Waals surface area contributed by atoms with E-state index < -0.39 is 0 Å². The Morgan fingerprint density at radius 1 is 1.35 bits per heavy atom. The number of allylic oxidation sites excluding steroid dienone is 1. The van der Waals surface area contributed by atoms with Crippen LogP contribution in [0.25, 0.3) is 4.91 Å². The summed E-state index contributed by atoms with van der Waals surface area (Å²) in [7, 11) is 2.00. The second kappa shape index (κ2) is 8.51. The van der Waals surface area contributed by atoms with Crippen molar-refractivity contribution in [3.8, 4) is 0 Å². The molecule has 2 heterocycles. The molecule has 2 aromatic rings. The SMILES string of the molecule is CNCCc1sc(Cc2cccnc2C(C)C)c2c1CCC(C=N)=C2S. The molecule has 2 aromatic heterocycles. The van der Waals surface area contributed by atoms with Crippen molar-refractivity contribution in [3.63, 3.8) is 0 Å². The summed E-state index contributed by atoms with van der Waals surface area (Å²) in [6, 6.07) is 4.23. The Hall–Kier alpha value is -1.43. The minimum Gasteiger partial charge on any atom is -0.319 e. The molecule has 0 spiro atoms. The molecule has 138 valence electrons. The number of fused-ring (bicyclic) bond motifs is 1. The van der Waals surface area contributed by atoms with E-state index >= 15 is 0 Å². The molecule has 26 heavy (non-hydrogen) atoms. The number of aromatic nitrogens is 1. The predicted octanol–water partition coefficient (Wildman–Crippen LogP) is 4.86. The van der Waals surface area contributed by atoms with Gasteiger partial charge in [-0.15, -0.1) is 24.0 Å². The van der Waals surface area contributed by atoms with Crippen molar-refractivity contribution in [3.05, 3.63) is 56.0 Å². The van der Waals surface area contributed by atoms with Gasteiger partial charge < -0.3 is 10.7 Å². The molecule has 1 aliphatic carbocycles. The zero-order valence-corrected chi connectivity index (χ0v) is 17.4. The third-order valence-electron chi connectivity index (χ3n) is 4.95. The van der Waals surface area contributed by atoms with E-state index in [1.54, 1.807) is 0 Å². The highest BCUT2D eigenvalue weighted by atomic mass is 32.1. The van der Waals surface area contributed by atoms with Crippen molar-refractivity contribution in [2.75, 3.05) is 13.6 Å². The van der Waals surface area contributed by atoms with E-state index in [9.17, 15) is 0 Å². The van der Waals surface area contributed by atoms with E-state index in [1.807, 2.05) is 30.6 Å². The Morgan fingerprint density at radius 2 is 2.15 bits per heavy atom. The lowest BCUT2D eigenvalue weighted by atomic mass is 9.90. The van der Waals surface area contributed by atoms with Crippen molar-refractivity contribution < 1.29 is 0 Å². The third-order valence-corrected chi connectivity index (χ3v) is 6.75. The van der Waals surface area contributed by atoms with Crippen LogP contribution in [0.2, 0.25) is 0 Å². The molecule has 0 bridgehead atoms. The number of rotatable bonds is 7. The minimum atomic E-state index is 0.411. The molecule has 0 fully saturated rings. The van der Waals surface area contributed by atoms with Crippen LogP contribution >= 0.6 is 24.0 Å². The first kappa shape index (κ1) is 19.3. The Balaban J connectivity index is 2.07. The molecule has 0 unspecified atom stereocenters. The quantitative estimate of drug-likeness (QED) is 0.471. The lowest BCUT2D eigenvalue weighted by molar-refractivity contribution is 0.790. The summed E-state index contributed by atoms with van der Waals surface area (Å²) in [6.45, 7) is 5.38. The molecule has 5 heteroatoms. The maximum atomic E-state index is 7.72. The fourth-order valence-corrected chi connectivity index (χ4v) is 5.55. The van der Waals surface area contributed by atoms with E-state index in [0.717, 1.165) is 42.7 Å². The van der Waals surface area contributed by atoms with Gasteiger partial charge in [0.05, 0.1) is 0 Å². The van der Waals surface area contributed by atoms with Crippen molar-refractivity contribution in [2.45, 2.75) is 45.4 Å². The van der Waals surface area contributed by atoms with E-state index in [-0.39, 0.29) is 0 Å². The van der Waals surface area contributed by atoms with Gasteiger partial charge in [0.25, 0.3) is 0 Å². The van der Waals surface area contributed by atoms with E-state index in [1.165, 1.54) is 38.4 Å². The Morgan fingerprint density at radius 3 is 2.85 bits per heavy atom. The van der Waals surface area contributed by atoms with Crippen molar-refractivity contribution in [1.29, 1.82) is 5.41 Å². The first-order valence-corrected chi connectivity index (χ1v) is 10.5. The molecule has 0 saturated heterocycles. The Bertz CT molecular complexity index is 834. The van der Waals surface area contributed by atoms with E-state index in [0.29, 0.717) is 5.92 Å². The fourth-order valence-electron chi connectivity index (χ4n) is 3.65. The standard InChI is InChI=1S/C21H27N3S2/c1-13(2)20-14(5-4-9-24-20)11-18-19-16(17(26-18)8-10-23-3)7-6-15(12-22)21(19)25/h4-5,9,12-13,22-23,25H,6-8,10-11H2,1-3H3. The molecule has 3 nitrogen and oxygen atoms in total. The first-order chi connectivity index (χ1) is 12.6. The number of thiophene rings is 1. The van der Waals surface area contributed by atoms with Gasteiger partial charge in [0.15, 0.2) is 0 Å². The number of likely N-dealkylation sites (N-methyl/N-ethyl adjacent to an activating group) is 1. The van der Waals surface area contributed by atoms with Crippen LogP contribution in [0, 0.1) is 5.41 Å². The van der Waals surface area contributed by atoms with Crippen molar-refractivity contribution in [1.82, 2.24) is 10.3 Å². The number of thiol groups is 1. The smallest absolute Gasteiger partial charge is 0.0464 e. The Labute approximate surface area is 165 Å². The summed E-state index contributed by atoms with van der Waals surface area (Å²) in [5, 5.41) is 11.0. The van der Waals surface area contributed by atoms with Gasteiger partial charge in [0, 0.05) is 44.7 Å². The van der Waals surface area contributed by atoms with Crippen LogP contribution in [0.1, 0.15) is 58.3 Å². The van der Waals surface area contributed by atoms with Crippen LogP contribution in [0.5, 0.6) is 0 Å². The summed E-state index contributed by atoms with van der Waals surface area (Å²) in [5.74, 6) is 0.411. The van der Waals surface area contributed by atoms with Crippen LogP contribution in [0.3, 0.4) is 0 Å². The molecule has 0 saturated carbocycles. The van der Waals surface area contributed by atoms with Gasteiger partial charge in [-0.2, -0.15) is 0 Å². The lowest BCUT2D eigenvalue weighted by Crippen LogP contribution is -2.11. The van der Waals surface area contributed by atoms with Crippen LogP contribution in [0.4, 0.5) is 0 Å². The maximum absolute atomic E-state index is 7.72. The number of hydrogen-bond acceptors (Lipinski definition) is 5. The maximum Gasteiger partial charge on any atom is 0.0464 e. The molecule has 1 aliphatic rings. The lowest BCUT2D eigenvalue weighted by Gasteiger charge is -2.18. The summed E-state index contributed by atoms with van der Waals surface area (Å²) >= 11 is 6.75. The highest BCUT2D eigenvalue weighted by molar-refractivity contribution is 7.90. The second-order valence-corrected chi connectivity index (χ2v) is 8.69. The molecule has 0 radical (unpaired) electrons.